The van der Waals surface area contributed by atoms with Crippen molar-refractivity contribution in [1.29, 1.82) is 0 Å². The molecule has 2 heterocycles. The van der Waals surface area contributed by atoms with Crippen LogP contribution in [0.5, 0.6) is 0 Å². The quantitative estimate of drug-likeness (QED) is 0.774. The predicted molar refractivity (Wildman–Crippen MR) is 88.2 cm³/mol. The van der Waals surface area contributed by atoms with Crippen LogP contribution in [-0.4, -0.2) is 33.7 Å². The number of hydrogen-bond acceptors (Lipinski definition) is 5. The van der Waals surface area contributed by atoms with Gasteiger partial charge in [-0.1, -0.05) is 6.92 Å². The highest BCUT2D eigenvalue weighted by molar-refractivity contribution is 9.11. The second-order valence-corrected chi connectivity index (χ2v) is 9.29. The van der Waals surface area contributed by atoms with Crippen molar-refractivity contribution in [3.8, 4) is 0 Å². The number of ether oxygens (including phenoxy) is 1. The lowest BCUT2D eigenvalue weighted by Crippen LogP contribution is -2.41. The van der Waals surface area contributed by atoms with E-state index in [2.05, 4.69) is 26.0 Å². The standard InChI is InChI=1S/C13H21BrN2O3S2/c1-3-15-8-11-7-12(13(14)20-11)21(17,18)16-10-4-5-19-9(2)6-10/h7,9-10,15-16H,3-6,8H2,1-2H3. The lowest BCUT2D eigenvalue weighted by molar-refractivity contribution is 0.0173. The van der Waals surface area contributed by atoms with Crippen molar-refractivity contribution < 1.29 is 13.2 Å². The first-order chi connectivity index (χ1) is 9.92. The van der Waals surface area contributed by atoms with Gasteiger partial charge in [0.1, 0.15) is 4.90 Å². The lowest BCUT2D eigenvalue weighted by Gasteiger charge is -2.27. The van der Waals surface area contributed by atoms with Gasteiger partial charge in [0.2, 0.25) is 10.0 Å². The Hall–Kier alpha value is 0.01000. The molecule has 1 fully saturated rings. The zero-order valence-electron chi connectivity index (χ0n) is 12.2. The van der Waals surface area contributed by atoms with Gasteiger partial charge in [0.05, 0.1) is 9.89 Å². The van der Waals surface area contributed by atoms with Crippen LogP contribution in [0.2, 0.25) is 0 Å². The molecule has 0 radical (unpaired) electrons. The maximum atomic E-state index is 12.5. The largest absolute Gasteiger partial charge is 0.378 e. The number of nitrogens with one attached hydrogen (secondary N) is 2. The minimum Gasteiger partial charge on any atom is -0.378 e. The van der Waals surface area contributed by atoms with Crippen LogP contribution in [0.25, 0.3) is 0 Å². The molecule has 1 aromatic rings. The normalized spacial score (nSPS) is 23.4. The van der Waals surface area contributed by atoms with Gasteiger partial charge in [0.15, 0.2) is 0 Å². The van der Waals surface area contributed by atoms with Crippen LogP contribution < -0.4 is 10.0 Å². The molecule has 1 saturated heterocycles. The van der Waals surface area contributed by atoms with Crippen LogP contribution in [0, 0.1) is 0 Å². The van der Waals surface area contributed by atoms with Crippen molar-refractivity contribution in [3.05, 3.63) is 14.7 Å². The molecule has 1 aliphatic heterocycles. The van der Waals surface area contributed by atoms with Crippen LogP contribution in [0.3, 0.4) is 0 Å². The molecule has 0 amide bonds. The number of thiophene rings is 1. The highest BCUT2D eigenvalue weighted by Gasteiger charge is 2.27. The molecule has 2 unspecified atom stereocenters. The van der Waals surface area contributed by atoms with Crippen LogP contribution in [0.1, 0.15) is 31.6 Å². The van der Waals surface area contributed by atoms with E-state index in [-0.39, 0.29) is 12.1 Å². The molecule has 0 aliphatic carbocycles. The van der Waals surface area contributed by atoms with Gasteiger partial charge in [-0.25, -0.2) is 13.1 Å². The summed E-state index contributed by atoms with van der Waals surface area (Å²) in [4.78, 5) is 1.34. The average molecular weight is 397 g/mol. The Morgan fingerprint density at radius 2 is 2.29 bits per heavy atom. The number of hydrogen-bond donors (Lipinski definition) is 2. The molecular formula is C13H21BrN2O3S2. The molecule has 120 valence electrons. The highest BCUT2D eigenvalue weighted by Crippen LogP contribution is 2.32. The van der Waals surface area contributed by atoms with E-state index in [1.165, 1.54) is 11.3 Å². The summed E-state index contributed by atoms with van der Waals surface area (Å²) in [5.74, 6) is 0. The summed E-state index contributed by atoms with van der Waals surface area (Å²) < 4.78 is 33.9. The number of halogens is 1. The van der Waals surface area contributed by atoms with E-state index in [4.69, 9.17) is 4.74 Å². The second-order valence-electron chi connectivity index (χ2n) is 5.15. The zero-order valence-corrected chi connectivity index (χ0v) is 15.4. The fourth-order valence-electron chi connectivity index (χ4n) is 2.30. The topological polar surface area (TPSA) is 67.4 Å². The predicted octanol–water partition coefficient (Wildman–Crippen LogP) is 2.47. The maximum absolute atomic E-state index is 12.5. The lowest BCUT2D eigenvalue weighted by atomic mass is 10.1. The van der Waals surface area contributed by atoms with E-state index in [9.17, 15) is 8.42 Å². The Labute approximate surface area is 138 Å². The Morgan fingerprint density at radius 1 is 1.52 bits per heavy atom. The smallest absolute Gasteiger partial charge is 0.242 e. The highest BCUT2D eigenvalue weighted by atomic mass is 79.9. The van der Waals surface area contributed by atoms with E-state index in [0.29, 0.717) is 28.3 Å². The molecule has 0 aromatic carbocycles. The minimum absolute atomic E-state index is 0.0530. The molecule has 1 aliphatic rings. The molecule has 2 N–H and O–H groups in total. The summed E-state index contributed by atoms with van der Waals surface area (Å²) in [6.45, 7) is 6.13. The SMILES string of the molecule is CCNCc1cc(S(=O)(=O)NC2CCOC(C)C2)c(Br)s1. The molecule has 1 aromatic heterocycles. The van der Waals surface area contributed by atoms with E-state index in [0.717, 1.165) is 17.8 Å². The molecule has 2 rings (SSSR count). The van der Waals surface area contributed by atoms with Gasteiger partial charge in [-0.3, -0.25) is 0 Å². The zero-order chi connectivity index (χ0) is 15.5. The van der Waals surface area contributed by atoms with Gasteiger partial charge in [-0.05, 0) is 48.3 Å². The summed E-state index contributed by atoms with van der Waals surface area (Å²) >= 11 is 4.82. The van der Waals surface area contributed by atoms with Gasteiger partial charge < -0.3 is 10.1 Å². The third kappa shape index (κ3) is 4.74. The molecule has 0 bridgehead atoms. The van der Waals surface area contributed by atoms with E-state index < -0.39 is 10.0 Å². The first-order valence-corrected chi connectivity index (χ1v) is 10.1. The second kappa shape index (κ2) is 7.52. The van der Waals surface area contributed by atoms with Crippen molar-refractivity contribution in [2.45, 2.75) is 50.3 Å². The fourth-order valence-corrected chi connectivity index (χ4v) is 6.24. The first-order valence-electron chi connectivity index (χ1n) is 7.05. The third-order valence-electron chi connectivity index (χ3n) is 3.35. The van der Waals surface area contributed by atoms with Gasteiger partial charge >= 0.3 is 0 Å². The minimum atomic E-state index is -3.49. The number of sulfonamides is 1. The van der Waals surface area contributed by atoms with Crippen molar-refractivity contribution in [2.75, 3.05) is 13.2 Å². The summed E-state index contributed by atoms with van der Waals surface area (Å²) in [6, 6.07) is 1.69. The van der Waals surface area contributed by atoms with Crippen molar-refractivity contribution in [1.82, 2.24) is 10.0 Å². The van der Waals surface area contributed by atoms with E-state index >= 15 is 0 Å². The average Bonchev–Trinajstić information content (AvgIpc) is 2.78. The summed E-state index contributed by atoms with van der Waals surface area (Å²) in [5.41, 5.74) is 0. The Bertz CT molecular complexity index is 574. The molecule has 8 heteroatoms. The fraction of sp³-hybridized carbons (Fsp3) is 0.692. The van der Waals surface area contributed by atoms with Gasteiger partial charge in [-0.2, -0.15) is 0 Å². The number of rotatable bonds is 6. The Morgan fingerprint density at radius 3 is 2.95 bits per heavy atom. The molecule has 5 nitrogen and oxygen atoms in total. The molecule has 0 saturated carbocycles. The summed E-state index contributed by atoms with van der Waals surface area (Å²) in [7, 11) is -3.49. The molecule has 0 spiro atoms. The summed E-state index contributed by atoms with van der Waals surface area (Å²) in [6.07, 6.45) is 1.53. The first kappa shape index (κ1) is 17.4. The maximum Gasteiger partial charge on any atom is 0.242 e. The van der Waals surface area contributed by atoms with Crippen LogP contribution in [-0.2, 0) is 21.3 Å². The Balaban J connectivity index is 2.09. The van der Waals surface area contributed by atoms with Crippen molar-refractivity contribution in [2.24, 2.45) is 0 Å². The summed E-state index contributed by atoms with van der Waals surface area (Å²) in [5, 5.41) is 3.20. The van der Waals surface area contributed by atoms with Crippen LogP contribution in [0.15, 0.2) is 14.7 Å². The molecular weight excluding hydrogens is 376 g/mol. The van der Waals surface area contributed by atoms with Crippen molar-refractivity contribution in [3.63, 3.8) is 0 Å². The van der Waals surface area contributed by atoms with E-state index in [1.807, 2.05) is 13.8 Å². The van der Waals surface area contributed by atoms with Crippen LogP contribution in [0.4, 0.5) is 0 Å². The van der Waals surface area contributed by atoms with Gasteiger partial charge in [-0.15, -0.1) is 11.3 Å². The van der Waals surface area contributed by atoms with E-state index in [1.54, 1.807) is 6.07 Å². The van der Waals surface area contributed by atoms with Gasteiger partial charge in [0, 0.05) is 24.1 Å². The Kier molecular flexibility index (Phi) is 6.22. The van der Waals surface area contributed by atoms with Crippen molar-refractivity contribution >= 4 is 37.3 Å². The monoisotopic (exact) mass is 396 g/mol. The molecule has 2 atom stereocenters. The van der Waals surface area contributed by atoms with Gasteiger partial charge in [0.25, 0.3) is 0 Å². The molecule has 21 heavy (non-hydrogen) atoms. The third-order valence-corrected chi connectivity index (χ3v) is 7.12. The van der Waals surface area contributed by atoms with Crippen LogP contribution >= 0.6 is 27.3 Å².